The molecule has 1 aliphatic rings. The molecule has 150 valence electrons. The molecule has 8 nitrogen and oxygen atoms in total. The third-order valence-electron chi connectivity index (χ3n) is 4.57. The topological polar surface area (TPSA) is 112 Å². The summed E-state index contributed by atoms with van der Waals surface area (Å²) in [5.41, 5.74) is 7.85. The Morgan fingerprint density at radius 1 is 1.31 bits per heavy atom. The summed E-state index contributed by atoms with van der Waals surface area (Å²) in [5, 5.41) is 6.31. The number of hydrogen-bond acceptors (Lipinski definition) is 7. The average Bonchev–Trinajstić information content (AvgIpc) is 3.35. The quantitative estimate of drug-likeness (QED) is 0.679. The second-order valence-corrected chi connectivity index (χ2v) is 6.64. The molecule has 1 unspecified atom stereocenters. The second kappa shape index (κ2) is 7.88. The number of carbonyl (C=O) groups excluding carboxylic acids is 1. The first-order valence-corrected chi connectivity index (χ1v) is 9.04. The molecule has 0 radical (unpaired) electrons. The number of aryl methyl sites for hydroxylation is 1. The summed E-state index contributed by atoms with van der Waals surface area (Å²) in [5.74, 6) is 0.0318. The number of halogens is 1. The van der Waals surface area contributed by atoms with Crippen LogP contribution < -0.4 is 15.8 Å². The summed E-state index contributed by atoms with van der Waals surface area (Å²) in [6.07, 6.45) is 1.92. The van der Waals surface area contributed by atoms with E-state index in [4.69, 9.17) is 19.7 Å². The van der Waals surface area contributed by atoms with Crippen LogP contribution in [0.4, 0.5) is 16.0 Å². The Kier molecular flexibility index (Phi) is 5.13. The maximum atomic E-state index is 13.9. The minimum Gasteiger partial charge on any atom is -0.487 e. The van der Waals surface area contributed by atoms with Crippen LogP contribution in [0.25, 0.3) is 11.1 Å². The predicted octanol–water partition coefficient (Wildman–Crippen LogP) is 3.19. The van der Waals surface area contributed by atoms with Gasteiger partial charge in [-0.25, -0.2) is 9.37 Å². The molecule has 1 amide bonds. The third kappa shape index (κ3) is 4.04. The summed E-state index contributed by atoms with van der Waals surface area (Å²) in [6.45, 7) is 2.77. The van der Waals surface area contributed by atoms with E-state index in [1.54, 1.807) is 25.1 Å². The SMILES string of the molecule is Cc1nocc1C(=O)Nc1ccc(-c2cc(F)ccc2OC2CCOC2)c(N)n1. The van der Waals surface area contributed by atoms with Crippen molar-refractivity contribution in [3.8, 4) is 16.9 Å². The summed E-state index contributed by atoms with van der Waals surface area (Å²) in [4.78, 5) is 16.5. The molecule has 3 N–H and O–H groups in total. The van der Waals surface area contributed by atoms with E-state index in [9.17, 15) is 9.18 Å². The Balaban J connectivity index is 1.60. The number of aromatic nitrogens is 2. The van der Waals surface area contributed by atoms with Crippen molar-refractivity contribution >= 4 is 17.5 Å². The van der Waals surface area contributed by atoms with Gasteiger partial charge in [0.1, 0.15) is 41.1 Å². The molecular formula is C20H19FN4O4. The van der Waals surface area contributed by atoms with E-state index in [1.165, 1.54) is 18.4 Å². The van der Waals surface area contributed by atoms with Crippen LogP contribution in [0.3, 0.4) is 0 Å². The van der Waals surface area contributed by atoms with Gasteiger partial charge in [-0.2, -0.15) is 0 Å². The largest absolute Gasteiger partial charge is 0.487 e. The number of nitrogens with two attached hydrogens (primary N) is 1. The fourth-order valence-corrected chi connectivity index (χ4v) is 3.07. The molecule has 1 atom stereocenters. The monoisotopic (exact) mass is 398 g/mol. The van der Waals surface area contributed by atoms with Gasteiger partial charge in [0.2, 0.25) is 0 Å². The van der Waals surface area contributed by atoms with E-state index < -0.39 is 11.7 Å². The van der Waals surface area contributed by atoms with Crippen molar-refractivity contribution in [2.24, 2.45) is 0 Å². The zero-order valence-electron chi connectivity index (χ0n) is 15.6. The summed E-state index contributed by atoms with van der Waals surface area (Å²) >= 11 is 0. The molecule has 1 saturated heterocycles. The zero-order valence-corrected chi connectivity index (χ0v) is 15.6. The van der Waals surface area contributed by atoms with Crippen molar-refractivity contribution < 1.29 is 23.2 Å². The molecule has 2 aromatic heterocycles. The first-order valence-electron chi connectivity index (χ1n) is 9.04. The molecule has 0 spiro atoms. The highest BCUT2D eigenvalue weighted by atomic mass is 19.1. The number of nitrogen functional groups attached to an aromatic ring is 1. The maximum absolute atomic E-state index is 13.9. The predicted molar refractivity (Wildman–Crippen MR) is 103 cm³/mol. The van der Waals surface area contributed by atoms with Gasteiger partial charge in [0.05, 0.1) is 18.9 Å². The lowest BCUT2D eigenvalue weighted by Gasteiger charge is -2.17. The van der Waals surface area contributed by atoms with Crippen LogP contribution in [0.2, 0.25) is 0 Å². The van der Waals surface area contributed by atoms with Gasteiger partial charge in [0.15, 0.2) is 0 Å². The number of amides is 1. The van der Waals surface area contributed by atoms with E-state index in [0.29, 0.717) is 41.3 Å². The lowest BCUT2D eigenvalue weighted by atomic mass is 10.0. The Morgan fingerprint density at radius 3 is 2.86 bits per heavy atom. The Bertz CT molecular complexity index is 1050. The van der Waals surface area contributed by atoms with Crippen LogP contribution in [0.15, 0.2) is 41.1 Å². The maximum Gasteiger partial charge on any atom is 0.262 e. The standard InChI is InChI=1S/C20H19FN4O4/c1-11-16(10-28-25-11)20(26)24-18-5-3-14(19(22)23-18)15-8-12(21)2-4-17(15)29-13-6-7-27-9-13/h2-5,8,10,13H,6-7,9H2,1H3,(H3,22,23,24,26). The average molecular weight is 398 g/mol. The number of nitrogens with one attached hydrogen (secondary N) is 1. The Labute approximate surface area is 165 Å². The van der Waals surface area contributed by atoms with Crippen molar-refractivity contribution in [2.75, 3.05) is 24.3 Å². The number of rotatable bonds is 5. The Morgan fingerprint density at radius 2 is 2.17 bits per heavy atom. The minimum atomic E-state index is -0.422. The van der Waals surface area contributed by atoms with Crippen LogP contribution in [-0.2, 0) is 4.74 Å². The number of carbonyl (C=O) groups is 1. The molecule has 1 aliphatic heterocycles. The zero-order chi connectivity index (χ0) is 20.4. The first-order chi connectivity index (χ1) is 14.0. The highest BCUT2D eigenvalue weighted by molar-refractivity contribution is 6.04. The third-order valence-corrected chi connectivity index (χ3v) is 4.57. The van der Waals surface area contributed by atoms with Gasteiger partial charge < -0.3 is 25.0 Å². The molecular weight excluding hydrogens is 379 g/mol. The van der Waals surface area contributed by atoms with Gasteiger partial charge in [-0.1, -0.05) is 5.16 Å². The molecule has 0 bridgehead atoms. The van der Waals surface area contributed by atoms with Crippen LogP contribution >= 0.6 is 0 Å². The molecule has 0 aliphatic carbocycles. The lowest BCUT2D eigenvalue weighted by molar-refractivity contribution is 0.102. The number of nitrogens with zero attached hydrogens (tertiary/aromatic N) is 2. The number of anilines is 2. The normalized spacial score (nSPS) is 16.0. The van der Waals surface area contributed by atoms with Gasteiger partial charge in [-0.3, -0.25) is 4.79 Å². The highest BCUT2D eigenvalue weighted by Gasteiger charge is 2.21. The van der Waals surface area contributed by atoms with E-state index >= 15 is 0 Å². The fraction of sp³-hybridized carbons (Fsp3) is 0.250. The van der Waals surface area contributed by atoms with E-state index in [-0.39, 0.29) is 17.7 Å². The van der Waals surface area contributed by atoms with Crippen molar-refractivity contribution in [3.63, 3.8) is 0 Å². The van der Waals surface area contributed by atoms with Gasteiger partial charge in [-0.15, -0.1) is 0 Å². The number of hydrogen-bond donors (Lipinski definition) is 2. The van der Waals surface area contributed by atoms with Gasteiger partial charge in [-0.05, 0) is 37.3 Å². The van der Waals surface area contributed by atoms with Crippen LogP contribution in [0.5, 0.6) is 5.75 Å². The van der Waals surface area contributed by atoms with Crippen LogP contribution in [-0.4, -0.2) is 35.4 Å². The summed E-state index contributed by atoms with van der Waals surface area (Å²) in [6, 6.07) is 7.48. The first kappa shape index (κ1) is 18.9. The molecule has 9 heteroatoms. The van der Waals surface area contributed by atoms with E-state index in [2.05, 4.69) is 15.5 Å². The van der Waals surface area contributed by atoms with Crippen molar-refractivity contribution in [3.05, 3.63) is 53.7 Å². The number of pyridine rings is 1. The molecule has 3 heterocycles. The van der Waals surface area contributed by atoms with E-state index in [0.717, 1.165) is 6.42 Å². The van der Waals surface area contributed by atoms with E-state index in [1.807, 2.05) is 0 Å². The lowest BCUT2D eigenvalue weighted by Crippen LogP contribution is -2.16. The molecule has 4 rings (SSSR count). The molecule has 1 fully saturated rings. The summed E-state index contributed by atoms with van der Waals surface area (Å²) in [7, 11) is 0. The van der Waals surface area contributed by atoms with Crippen molar-refractivity contribution in [1.82, 2.24) is 10.1 Å². The van der Waals surface area contributed by atoms with Gasteiger partial charge in [0, 0.05) is 17.5 Å². The molecule has 3 aromatic rings. The van der Waals surface area contributed by atoms with Gasteiger partial charge >= 0.3 is 0 Å². The molecule has 29 heavy (non-hydrogen) atoms. The van der Waals surface area contributed by atoms with Crippen LogP contribution in [0.1, 0.15) is 22.5 Å². The fourth-order valence-electron chi connectivity index (χ4n) is 3.07. The van der Waals surface area contributed by atoms with Crippen LogP contribution in [0, 0.1) is 12.7 Å². The number of benzene rings is 1. The summed E-state index contributed by atoms with van der Waals surface area (Å²) < 4.78 is 30.0. The smallest absolute Gasteiger partial charge is 0.262 e. The Hall–Kier alpha value is -3.46. The van der Waals surface area contributed by atoms with Crippen molar-refractivity contribution in [1.29, 1.82) is 0 Å². The highest BCUT2D eigenvalue weighted by Crippen LogP contribution is 2.35. The number of ether oxygens (including phenoxy) is 2. The molecule has 1 aromatic carbocycles. The van der Waals surface area contributed by atoms with Gasteiger partial charge in [0.25, 0.3) is 5.91 Å². The minimum absolute atomic E-state index is 0.0984. The van der Waals surface area contributed by atoms with Crippen molar-refractivity contribution in [2.45, 2.75) is 19.4 Å². The molecule has 0 saturated carbocycles. The second-order valence-electron chi connectivity index (χ2n) is 6.64.